The normalized spacial score (nSPS) is 39.0. The molecule has 0 aromatic heterocycles. The number of primary amides is 1. The molecule has 2 N–H and O–H groups in total. The summed E-state index contributed by atoms with van der Waals surface area (Å²) in [6.45, 7) is 3.48. The predicted molar refractivity (Wildman–Crippen MR) is 36.1 cm³/mol. The van der Waals surface area contributed by atoms with Crippen molar-refractivity contribution in [2.75, 3.05) is 0 Å². The number of Topliss-reactive ketones (excluding diaryl/α,β-unsaturated/α-hetero) is 1. The molecule has 0 saturated heterocycles. The number of hydrogen-bond acceptors (Lipinski definition) is 2. The van der Waals surface area contributed by atoms with Crippen LogP contribution in [-0.4, -0.2) is 11.7 Å². The third-order valence-corrected chi connectivity index (χ3v) is 2.54. The standard InChI is InChI=1S/C7H11NO2/c1-4-5(9)3-7(4,2)6(8)10/h4H,3H2,1-2H3,(H2,8,10). The molecule has 1 fully saturated rings. The summed E-state index contributed by atoms with van der Waals surface area (Å²) in [4.78, 5) is 21.5. The van der Waals surface area contributed by atoms with Crippen LogP contribution in [0.5, 0.6) is 0 Å². The number of amides is 1. The third kappa shape index (κ3) is 0.664. The zero-order chi connectivity index (χ0) is 7.94. The second kappa shape index (κ2) is 1.81. The van der Waals surface area contributed by atoms with Gasteiger partial charge in [-0.05, 0) is 6.92 Å². The van der Waals surface area contributed by atoms with Crippen molar-refractivity contribution in [1.29, 1.82) is 0 Å². The fraction of sp³-hybridized carbons (Fsp3) is 0.714. The van der Waals surface area contributed by atoms with Crippen molar-refractivity contribution in [2.45, 2.75) is 20.3 Å². The molecule has 1 rings (SSSR count). The van der Waals surface area contributed by atoms with Crippen LogP contribution >= 0.6 is 0 Å². The Morgan fingerprint density at radius 3 is 2.40 bits per heavy atom. The summed E-state index contributed by atoms with van der Waals surface area (Å²) in [6.07, 6.45) is 0.323. The van der Waals surface area contributed by atoms with E-state index >= 15 is 0 Å². The van der Waals surface area contributed by atoms with Crippen molar-refractivity contribution in [3.05, 3.63) is 0 Å². The number of hydrogen-bond donors (Lipinski definition) is 1. The van der Waals surface area contributed by atoms with Crippen molar-refractivity contribution < 1.29 is 9.59 Å². The zero-order valence-corrected chi connectivity index (χ0v) is 6.18. The highest BCUT2D eigenvalue weighted by atomic mass is 16.2. The van der Waals surface area contributed by atoms with Gasteiger partial charge in [-0.1, -0.05) is 6.92 Å². The first-order valence-corrected chi connectivity index (χ1v) is 3.31. The molecule has 0 aromatic carbocycles. The smallest absolute Gasteiger partial charge is 0.224 e. The summed E-state index contributed by atoms with van der Waals surface area (Å²) >= 11 is 0. The first kappa shape index (κ1) is 7.25. The summed E-state index contributed by atoms with van der Waals surface area (Å²) in [6, 6.07) is 0. The highest BCUT2D eigenvalue weighted by molar-refractivity contribution is 6.00. The van der Waals surface area contributed by atoms with Crippen LogP contribution in [0.4, 0.5) is 0 Å². The topological polar surface area (TPSA) is 60.2 Å². The number of ketones is 1. The van der Waals surface area contributed by atoms with Crippen molar-refractivity contribution >= 4 is 11.7 Å². The molecule has 2 unspecified atom stereocenters. The highest BCUT2D eigenvalue weighted by Gasteiger charge is 2.51. The van der Waals surface area contributed by atoms with Gasteiger partial charge in [-0.2, -0.15) is 0 Å². The lowest BCUT2D eigenvalue weighted by atomic mass is 9.61. The lowest BCUT2D eigenvalue weighted by Gasteiger charge is -2.40. The minimum atomic E-state index is -0.558. The van der Waals surface area contributed by atoms with Crippen LogP contribution in [0.2, 0.25) is 0 Å². The van der Waals surface area contributed by atoms with E-state index in [4.69, 9.17) is 5.73 Å². The van der Waals surface area contributed by atoms with Crippen molar-refractivity contribution in [3.8, 4) is 0 Å². The first-order chi connectivity index (χ1) is 4.48. The second-order valence-corrected chi connectivity index (χ2v) is 3.15. The van der Waals surface area contributed by atoms with E-state index in [0.717, 1.165) is 0 Å². The maximum atomic E-state index is 10.7. The molecule has 0 aliphatic heterocycles. The van der Waals surface area contributed by atoms with E-state index in [0.29, 0.717) is 6.42 Å². The average Bonchev–Trinajstić information content (AvgIpc) is 1.87. The molecule has 1 saturated carbocycles. The number of carbonyl (C=O) groups is 2. The van der Waals surface area contributed by atoms with E-state index in [9.17, 15) is 9.59 Å². The summed E-state index contributed by atoms with van der Waals surface area (Å²) in [7, 11) is 0. The molecule has 0 spiro atoms. The molecule has 1 aliphatic rings. The Morgan fingerprint density at radius 1 is 1.80 bits per heavy atom. The fourth-order valence-electron chi connectivity index (χ4n) is 1.19. The van der Waals surface area contributed by atoms with Crippen LogP contribution in [0.3, 0.4) is 0 Å². The molecule has 0 radical (unpaired) electrons. The van der Waals surface area contributed by atoms with Gasteiger partial charge in [-0.25, -0.2) is 0 Å². The Bertz CT molecular complexity index is 200. The van der Waals surface area contributed by atoms with Gasteiger partial charge in [0.25, 0.3) is 0 Å². The summed E-state index contributed by atoms with van der Waals surface area (Å²) in [5.74, 6) is -0.397. The zero-order valence-electron chi connectivity index (χ0n) is 6.18. The van der Waals surface area contributed by atoms with Crippen LogP contribution in [0.1, 0.15) is 20.3 Å². The molecule has 2 atom stereocenters. The Balaban J connectivity index is 2.76. The van der Waals surface area contributed by atoms with Crippen molar-refractivity contribution in [1.82, 2.24) is 0 Å². The van der Waals surface area contributed by atoms with E-state index in [2.05, 4.69) is 0 Å². The van der Waals surface area contributed by atoms with E-state index in [-0.39, 0.29) is 17.6 Å². The van der Waals surface area contributed by atoms with Crippen LogP contribution in [0, 0.1) is 11.3 Å². The average molecular weight is 141 g/mol. The maximum Gasteiger partial charge on any atom is 0.224 e. The van der Waals surface area contributed by atoms with Gasteiger partial charge in [0, 0.05) is 12.3 Å². The molecule has 0 aromatic rings. The molecule has 10 heavy (non-hydrogen) atoms. The Kier molecular flexibility index (Phi) is 1.31. The summed E-state index contributed by atoms with van der Waals surface area (Å²) in [5.41, 5.74) is 4.54. The summed E-state index contributed by atoms with van der Waals surface area (Å²) in [5, 5.41) is 0. The first-order valence-electron chi connectivity index (χ1n) is 3.31. The molecule has 3 nitrogen and oxygen atoms in total. The molecule has 56 valence electrons. The minimum Gasteiger partial charge on any atom is -0.369 e. The SMILES string of the molecule is CC1C(=O)CC1(C)C(N)=O. The molecule has 0 heterocycles. The fourth-order valence-corrected chi connectivity index (χ4v) is 1.19. The quantitative estimate of drug-likeness (QED) is 0.562. The van der Waals surface area contributed by atoms with Gasteiger partial charge in [0.15, 0.2) is 0 Å². The molecule has 3 heteroatoms. The number of carbonyl (C=O) groups excluding carboxylic acids is 2. The molecule has 1 aliphatic carbocycles. The van der Waals surface area contributed by atoms with Crippen LogP contribution in [0.25, 0.3) is 0 Å². The monoisotopic (exact) mass is 141 g/mol. The van der Waals surface area contributed by atoms with Gasteiger partial charge < -0.3 is 5.73 Å². The lowest BCUT2D eigenvalue weighted by Crippen LogP contribution is -2.53. The molecular formula is C7H11NO2. The Labute approximate surface area is 59.6 Å². The highest BCUT2D eigenvalue weighted by Crippen LogP contribution is 2.42. The van der Waals surface area contributed by atoms with E-state index in [1.165, 1.54) is 0 Å². The number of rotatable bonds is 1. The largest absolute Gasteiger partial charge is 0.369 e. The van der Waals surface area contributed by atoms with Gasteiger partial charge in [0.2, 0.25) is 5.91 Å². The van der Waals surface area contributed by atoms with E-state index < -0.39 is 5.41 Å². The van der Waals surface area contributed by atoms with E-state index in [1.54, 1.807) is 13.8 Å². The Morgan fingerprint density at radius 2 is 2.30 bits per heavy atom. The van der Waals surface area contributed by atoms with Gasteiger partial charge in [0.05, 0.1) is 5.41 Å². The molecule has 0 bridgehead atoms. The van der Waals surface area contributed by atoms with E-state index in [1.807, 2.05) is 0 Å². The second-order valence-electron chi connectivity index (χ2n) is 3.15. The lowest BCUT2D eigenvalue weighted by molar-refractivity contribution is -0.151. The van der Waals surface area contributed by atoms with Crippen LogP contribution in [0.15, 0.2) is 0 Å². The maximum absolute atomic E-state index is 10.7. The minimum absolute atomic E-state index is 0.140. The van der Waals surface area contributed by atoms with Crippen molar-refractivity contribution in [3.63, 3.8) is 0 Å². The third-order valence-electron chi connectivity index (χ3n) is 2.54. The van der Waals surface area contributed by atoms with Gasteiger partial charge in [-0.15, -0.1) is 0 Å². The Hall–Kier alpha value is -0.860. The van der Waals surface area contributed by atoms with Crippen molar-refractivity contribution in [2.24, 2.45) is 17.1 Å². The van der Waals surface area contributed by atoms with Gasteiger partial charge in [-0.3, -0.25) is 9.59 Å². The van der Waals surface area contributed by atoms with Gasteiger partial charge in [0.1, 0.15) is 5.78 Å². The molecule has 1 amide bonds. The van der Waals surface area contributed by atoms with Crippen LogP contribution < -0.4 is 5.73 Å². The van der Waals surface area contributed by atoms with Crippen LogP contribution in [-0.2, 0) is 9.59 Å². The van der Waals surface area contributed by atoms with Gasteiger partial charge >= 0.3 is 0 Å². The summed E-state index contributed by atoms with van der Waals surface area (Å²) < 4.78 is 0. The predicted octanol–water partition coefficient (Wildman–Crippen LogP) is 0.0869. The number of nitrogens with two attached hydrogens (primary N) is 1. The molecular weight excluding hydrogens is 130 g/mol.